The zero-order chi connectivity index (χ0) is 18.1. The summed E-state index contributed by atoms with van der Waals surface area (Å²) in [4.78, 5) is 19.5. The number of nitrogens with zero attached hydrogens (tertiary/aromatic N) is 4. The van der Waals surface area contributed by atoms with Crippen molar-refractivity contribution in [2.75, 3.05) is 18.0 Å². The Kier molecular flexibility index (Phi) is 4.32. The zero-order valence-corrected chi connectivity index (χ0v) is 15.1. The fourth-order valence-electron chi connectivity index (χ4n) is 3.60. The fraction of sp³-hybridized carbons (Fsp3) is 0.350. The molecule has 3 heterocycles. The van der Waals surface area contributed by atoms with Gasteiger partial charge in [-0.1, -0.05) is 18.2 Å². The monoisotopic (exact) mass is 349 g/mol. The number of nitrogens with one attached hydrogen (secondary N) is 1. The summed E-state index contributed by atoms with van der Waals surface area (Å²) in [6.45, 7) is 3.86. The van der Waals surface area contributed by atoms with E-state index < -0.39 is 0 Å². The predicted octanol–water partition coefficient (Wildman–Crippen LogP) is 2.68. The van der Waals surface area contributed by atoms with Gasteiger partial charge in [-0.3, -0.25) is 9.48 Å². The molecule has 0 bridgehead atoms. The maximum absolute atomic E-state index is 12.4. The molecule has 1 unspecified atom stereocenters. The van der Waals surface area contributed by atoms with Gasteiger partial charge in [0.15, 0.2) is 0 Å². The number of pyridine rings is 1. The highest BCUT2D eigenvalue weighted by molar-refractivity contribution is 5.94. The van der Waals surface area contributed by atoms with Crippen molar-refractivity contribution in [3.8, 4) is 0 Å². The van der Waals surface area contributed by atoms with Crippen LogP contribution in [0.25, 0.3) is 10.9 Å². The average Bonchev–Trinajstić information content (AvgIpc) is 3.08. The molecule has 1 aliphatic heterocycles. The normalized spacial score (nSPS) is 17.5. The summed E-state index contributed by atoms with van der Waals surface area (Å²) in [5, 5.41) is 8.40. The number of carbonyl (C=O) groups is 1. The van der Waals surface area contributed by atoms with Crippen molar-refractivity contribution < 1.29 is 4.79 Å². The quantitative estimate of drug-likeness (QED) is 0.790. The third-order valence-electron chi connectivity index (χ3n) is 4.96. The summed E-state index contributed by atoms with van der Waals surface area (Å²) in [5.74, 6) is 0.925. The minimum atomic E-state index is -0.0624. The lowest BCUT2D eigenvalue weighted by molar-refractivity contribution is 0.0933. The molecule has 3 aromatic rings. The van der Waals surface area contributed by atoms with E-state index in [-0.39, 0.29) is 11.9 Å². The van der Waals surface area contributed by atoms with Gasteiger partial charge in [-0.2, -0.15) is 5.10 Å². The van der Waals surface area contributed by atoms with E-state index in [9.17, 15) is 4.79 Å². The van der Waals surface area contributed by atoms with Crippen molar-refractivity contribution in [3.05, 3.63) is 53.9 Å². The van der Waals surface area contributed by atoms with E-state index >= 15 is 0 Å². The van der Waals surface area contributed by atoms with Gasteiger partial charge in [-0.05, 0) is 37.5 Å². The second-order valence-corrected chi connectivity index (χ2v) is 6.98. The number of anilines is 1. The molecule has 1 N–H and O–H groups in total. The number of amides is 1. The molecule has 26 heavy (non-hydrogen) atoms. The van der Waals surface area contributed by atoms with Crippen LogP contribution in [0.5, 0.6) is 0 Å². The van der Waals surface area contributed by atoms with E-state index in [1.54, 1.807) is 17.1 Å². The van der Waals surface area contributed by atoms with Gasteiger partial charge in [0, 0.05) is 37.8 Å². The Morgan fingerprint density at radius 3 is 2.96 bits per heavy atom. The summed E-state index contributed by atoms with van der Waals surface area (Å²) in [5.41, 5.74) is 2.85. The molecule has 6 heteroatoms. The fourth-order valence-corrected chi connectivity index (χ4v) is 3.60. The Hall–Kier alpha value is -2.89. The van der Waals surface area contributed by atoms with Crippen LogP contribution < -0.4 is 10.2 Å². The molecule has 0 spiro atoms. The molecule has 0 aliphatic carbocycles. The summed E-state index contributed by atoms with van der Waals surface area (Å²) in [7, 11) is 1.81. The van der Waals surface area contributed by atoms with Crippen molar-refractivity contribution in [1.82, 2.24) is 20.1 Å². The third-order valence-corrected chi connectivity index (χ3v) is 4.96. The lowest BCUT2D eigenvalue weighted by Crippen LogP contribution is -2.48. The van der Waals surface area contributed by atoms with Crippen LogP contribution in [0, 0.1) is 6.92 Å². The molecule has 1 atom stereocenters. The maximum atomic E-state index is 12.4. The van der Waals surface area contributed by atoms with E-state index in [0.717, 1.165) is 37.3 Å². The topological polar surface area (TPSA) is 63.1 Å². The molecule has 1 fully saturated rings. The van der Waals surface area contributed by atoms with Crippen LogP contribution in [0.3, 0.4) is 0 Å². The van der Waals surface area contributed by atoms with Gasteiger partial charge in [-0.15, -0.1) is 0 Å². The SMILES string of the molecule is Cc1cc(N2CCCC(NC(=O)c3cnn(C)c3)C2)nc2ccccc12. The summed E-state index contributed by atoms with van der Waals surface area (Å²) < 4.78 is 1.64. The first kappa shape index (κ1) is 16.6. The number of aryl methyl sites for hydroxylation is 2. The van der Waals surface area contributed by atoms with Crippen LogP contribution in [0.1, 0.15) is 28.8 Å². The van der Waals surface area contributed by atoms with Crippen LogP contribution in [-0.4, -0.2) is 39.8 Å². The Morgan fingerprint density at radius 2 is 2.15 bits per heavy atom. The van der Waals surface area contributed by atoms with Crippen molar-refractivity contribution in [2.45, 2.75) is 25.8 Å². The van der Waals surface area contributed by atoms with E-state index in [0.29, 0.717) is 5.56 Å². The molecule has 134 valence electrons. The molecule has 1 saturated heterocycles. The standard InChI is InChI=1S/C20H23N5O/c1-14-10-19(23-18-8-4-3-7-17(14)18)25-9-5-6-16(13-25)22-20(26)15-11-21-24(2)12-15/h3-4,7-8,10-12,16H,5-6,9,13H2,1-2H3,(H,22,26). The van der Waals surface area contributed by atoms with Crippen molar-refractivity contribution in [3.63, 3.8) is 0 Å². The number of hydrogen-bond acceptors (Lipinski definition) is 4. The number of benzene rings is 1. The molecule has 2 aromatic heterocycles. The van der Waals surface area contributed by atoms with Crippen LogP contribution in [0.4, 0.5) is 5.82 Å². The van der Waals surface area contributed by atoms with Crippen molar-refractivity contribution in [2.24, 2.45) is 7.05 Å². The lowest BCUT2D eigenvalue weighted by Gasteiger charge is -2.34. The second-order valence-electron chi connectivity index (χ2n) is 6.98. The maximum Gasteiger partial charge on any atom is 0.254 e. The first-order chi connectivity index (χ1) is 12.6. The largest absolute Gasteiger partial charge is 0.355 e. The van der Waals surface area contributed by atoms with E-state index in [4.69, 9.17) is 4.98 Å². The molecular formula is C20H23N5O. The van der Waals surface area contributed by atoms with Gasteiger partial charge in [0.2, 0.25) is 0 Å². The van der Waals surface area contributed by atoms with Gasteiger partial charge < -0.3 is 10.2 Å². The summed E-state index contributed by atoms with van der Waals surface area (Å²) >= 11 is 0. The van der Waals surface area contributed by atoms with E-state index in [1.165, 1.54) is 10.9 Å². The lowest BCUT2D eigenvalue weighted by atomic mass is 10.0. The molecule has 4 rings (SSSR count). The Bertz CT molecular complexity index is 948. The van der Waals surface area contributed by atoms with Gasteiger partial charge >= 0.3 is 0 Å². The molecule has 0 saturated carbocycles. The molecule has 0 radical (unpaired) electrons. The van der Waals surface area contributed by atoms with Crippen molar-refractivity contribution in [1.29, 1.82) is 0 Å². The van der Waals surface area contributed by atoms with Gasteiger partial charge in [0.05, 0.1) is 17.3 Å². The van der Waals surface area contributed by atoms with E-state index in [1.807, 2.05) is 19.2 Å². The zero-order valence-electron chi connectivity index (χ0n) is 15.1. The highest BCUT2D eigenvalue weighted by atomic mass is 16.1. The smallest absolute Gasteiger partial charge is 0.254 e. The van der Waals surface area contributed by atoms with Gasteiger partial charge in [0.1, 0.15) is 5.82 Å². The Balaban J connectivity index is 1.51. The predicted molar refractivity (Wildman–Crippen MR) is 102 cm³/mol. The Morgan fingerprint density at radius 1 is 1.31 bits per heavy atom. The minimum absolute atomic E-state index is 0.0624. The third kappa shape index (κ3) is 3.27. The highest BCUT2D eigenvalue weighted by Gasteiger charge is 2.23. The molecule has 1 aromatic carbocycles. The highest BCUT2D eigenvalue weighted by Crippen LogP contribution is 2.24. The molecule has 1 amide bonds. The minimum Gasteiger partial charge on any atom is -0.355 e. The first-order valence-electron chi connectivity index (χ1n) is 9.01. The number of aromatic nitrogens is 3. The second kappa shape index (κ2) is 6.78. The average molecular weight is 349 g/mol. The molecule has 1 aliphatic rings. The Labute approximate surface area is 152 Å². The van der Waals surface area contributed by atoms with Gasteiger partial charge in [0.25, 0.3) is 5.91 Å². The van der Waals surface area contributed by atoms with Crippen molar-refractivity contribution >= 4 is 22.6 Å². The number of para-hydroxylation sites is 1. The summed E-state index contributed by atoms with van der Waals surface area (Å²) in [6, 6.07) is 10.5. The van der Waals surface area contributed by atoms with Crippen LogP contribution in [-0.2, 0) is 7.05 Å². The van der Waals surface area contributed by atoms with Crippen LogP contribution >= 0.6 is 0 Å². The number of fused-ring (bicyclic) bond motifs is 1. The van der Waals surface area contributed by atoms with Crippen LogP contribution in [0.2, 0.25) is 0 Å². The number of rotatable bonds is 3. The molecule has 6 nitrogen and oxygen atoms in total. The molecular weight excluding hydrogens is 326 g/mol. The number of piperidine rings is 1. The van der Waals surface area contributed by atoms with Gasteiger partial charge in [-0.25, -0.2) is 4.98 Å². The number of carbonyl (C=O) groups excluding carboxylic acids is 1. The van der Waals surface area contributed by atoms with E-state index in [2.05, 4.69) is 40.4 Å². The summed E-state index contributed by atoms with van der Waals surface area (Å²) in [6.07, 6.45) is 5.36. The number of hydrogen-bond donors (Lipinski definition) is 1. The van der Waals surface area contributed by atoms with Crippen LogP contribution in [0.15, 0.2) is 42.7 Å². The first-order valence-corrected chi connectivity index (χ1v) is 9.01.